The van der Waals surface area contributed by atoms with Gasteiger partial charge in [0.15, 0.2) is 5.78 Å². The van der Waals surface area contributed by atoms with Gasteiger partial charge in [-0.05, 0) is 34.9 Å². The van der Waals surface area contributed by atoms with Crippen LogP contribution in [-0.2, 0) is 11.2 Å². The van der Waals surface area contributed by atoms with Crippen molar-refractivity contribution in [3.63, 3.8) is 0 Å². The van der Waals surface area contributed by atoms with Gasteiger partial charge in [0.25, 0.3) is 0 Å². The van der Waals surface area contributed by atoms with E-state index in [0.717, 1.165) is 16.9 Å². The number of ketones is 1. The van der Waals surface area contributed by atoms with Crippen LogP contribution in [-0.4, -0.2) is 11.7 Å². The number of Topliss-reactive ketones (excluding diaryl/α,β-unsaturated/α-hetero) is 1. The van der Waals surface area contributed by atoms with Crippen LogP contribution < -0.4 is 5.32 Å². The molecule has 24 heavy (non-hydrogen) atoms. The summed E-state index contributed by atoms with van der Waals surface area (Å²) in [5.41, 5.74) is 2.40. The van der Waals surface area contributed by atoms with Crippen LogP contribution in [0.2, 0.25) is 0 Å². The van der Waals surface area contributed by atoms with Crippen molar-refractivity contribution in [3.05, 3.63) is 57.8 Å². The van der Waals surface area contributed by atoms with Crippen molar-refractivity contribution in [2.45, 2.75) is 46.1 Å². The lowest BCUT2D eigenvalue weighted by molar-refractivity contribution is -0.122. The smallest absolute Gasteiger partial charge is 0.220 e. The molecule has 0 fully saturated rings. The molecule has 1 unspecified atom stereocenters. The van der Waals surface area contributed by atoms with E-state index in [4.69, 9.17) is 0 Å². The molecule has 1 N–H and O–H groups in total. The summed E-state index contributed by atoms with van der Waals surface area (Å²) < 4.78 is 0. The maximum atomic E-state index is 12.3. The summed E-state index contributed by atoms with van der Waals surface area (Å²) in [7, 11) is 0. The number of rotatable bonds is 8. The summed E-state index contributed by atoms with van der Waals surface area (Å²) in [6.45, 7) is 6.31. The normalized spacial score (nSPS) is 12.2. The molecule has 3 nitrogen and oxygen atoms in total. The fraction of sp³-hybridized carbons (Fsp3) is 0.400. The first kappa shape index (κ1) is 18.4. The van der Waals surface area contributed by atoms with Gasteiger partial charge in [0.05, 0.1) is 10.9 Å². The molecule has 2 aromatic rings. The van der Waals surface area contributed by atoms with Gasteiger partial charge in [0.1, 0.15) is 0 Å². The molecular formula is C20H25NO2S. The van der Waals surface area contributed by atoms with Gasteiger partial charge in [-0.3, -0.25) is 9.59 Å². The highest BCUT2D eigenvalue weighted by Crippen LogP contribution is 2.22. The van der Waals surface area contributed by atoms with E-state index in [1.54, 1.807) is 6.07 Å². The fourth-order valence-corrected chi connectivity index (χ4v) is 3.32. The van der Waals surface area contributed by atoms with Crippen molar-refractivity contribution in [1.29, 1.82) is 0 Å². The van der Waals surface area contributed by atoms with Crippen LogP contribution in [0.3, 0.4) is 0 Å². The van der Waals surface area contributed by atoms with E-state index < -0.39 is 0 Å². The van der Waals surface area contributed by atoms with Gasteiger partial charge in [-0.1, -0.05) is 51.1 Å². The monoisotopic (exact) mass is 343 g/mol. The molecule has 1 aromatic heterocycles. The van der Waals surface area contributed by atoms with E-state index in [0.29, 0.717) is 0 Å². The fourth-order valence-electron chi connectivity index (χ4n) is 2.63. The van der Waals surface area contributed by atoms with Crippen LogP contribution >= 0.6 is 11.3 Å². The van der Waals surface area contributed by atoms with E-state index in [-0.39, 0.29) is 36.5 Å². The third kappa shape index (κ3) is 5.03. The van der Waals surface area contributed by atoms with Crippen LogP contribution in [0.25, 0.3) is 0 Å². The SMILES string of the molecule is CCc1ccc(C(NC(=O)CCC(=O)c2cccs2)C(C)C)cc1. The minimum Gasteiger partial charge on any atom is -0.349 e. The summed E-state index contributed by atoms with van der Waals surface area (Å²) in [6.07, 6.45) is 1.49. The van der Waals surface area contributed by atoms with Crippen molar-refractivity contribution in [2.75, 3.05) is 0 Å². The molecule has 0 saturated heterocycles. The number of hydrogen-bond donors (Lipinski definition) is 1. The third-order valence-electron chi connectivity index (χ3n) is 4.11. The van der Waals surface area contributed by atoms with Crippen molar-refractivity contribution in [2.24, 2.45) is 5.92 Å². The first-order valence-corrected chi connectivity index (χ1v) is 9.34. The number of carbonyl (C=O) groups excluding carboxylic acids is 2. The molecule has 0 saturated carbocycles. The molecule has 128 valence electrons. The van der Waals surface area contributed by atoms with E-state index in [1.165, 1.54) is 16.9 Å². The molecule has 4 heteroatoms. The van der Waals surface area contributed by atoms with Crippen LogP contribution in [0.1, 0.15) is 60.5 Å². The zero-order valence-electron chi connectivity index (χ0n) is 14.5. The quantitative estimate of drug-likeness (QED) is 0.701. The summed E-state index contributed by atoms with van der Waals surface area (Å²) in [6, 6.07) is 12.0. The Kier molecular flexibility index (Phi) is 6.73. The lowest BCUT2D eigenvalue weighted by atomic mass is 9.94. The third-order valence-corrected chi connectivity index (χ3v) is 5.02. The number of nitrogens with one attached hydrogen (secondary N) is 1. The Morgan fingerprint density at radius 3 is 2.33 bits per heavy atom. The zero-order valence-corrected chi connectivity index (χ0v) is 15.4. The highest BCUT2D eigenvalue weighted by atomic mass is 32.1. The molecule has 2 rings (SSSR count). The van der Waals surface area contributed by atoms with Gasteiger partial charge < -0.3 is 5.32 Å². The Hall–Kier alpha value is -1.94. The predicted octanol–water partition coefficient (Wildman–Crippen LogP) is 4.79. The van der Waals surface area contributed by atoms with E-state index in [1.807, 2.05) is 11.4 Å². The van der Waals surface area contributed by atoms with Crippen molar-refractivity contribution in [1.82, 2.24) is 5.32 Å². The highest BCUT2D eigenvalue weighted by molar-refractivity contribution is 7.12. The van der Waals surface area contributed by atoms with E-state index in [9.17, 15) is 9.59 Å². The Balaban J connectivity index is 1.94. The van der Waals surface area contributed by atoms with Crippen molar-refractivity contribution >= 4 is 23.0 Å². The second kappa shape index (κ2) is 8.78. The van der Waals surface area contributed by atoms with E-state index >= 15 is 0 Å². The van der Waals surface area contributed by atoms with Crippen LogP contribution in [0.4, 0.5) is 0 Å². The van der Waals surface area contributed by atoms with Gasteiger partial charge in [0, 0.05) is 12.8 Å². The van der Waals surface area contributed by atoms with Gasteiger partial charge >= 0.3 is 0 Å². The summed E-state index contributed by atoms with van der Waals surface area (Å²) in [5.74, 6) is 0.251. The first-order chi connectivity index (χ1) is 11.5. The molecule has 1 atom stereocenters. The number of benzene rings is 1. The standard InChI is InChI=1S/C20H25NO2S/c1-4-15-7-9-16(10-8-15)20(14(2)3)21-19(23)12-11-17(22)18-6-5-13-24-18/h5-10,13-14,20H,4,11-12H2,1-3H3,(H,21,23). The van der Waals surface area contributed by atoms with E-state index in [2.05, 4.69) is 50.4 Å². The average molecular weight is 343 g/mol. The highest BCUT2D eigenvalue weighted by Gasteiger charge is 2.19. The largest absolute Gasteiger partial charge is 0.349 e. The lowest BCUT2D eigenvalue weighted by Gasteiger charge is -2.23. The first-order valence-electron chi connectivity index (χ1n) is 8.46. The molecule has 1 aromatic carbocycles. The van der Waals surface area contributed by atoms with Gasteiger partial charge in [0.2, 0.25) is 5.91 Å². The molecule has 0 spiro atoms. The van der Waals surface area contributed by atoms with Crippen LogP contribution in [0.15, 0.2) is 41.8 Å². The number of thiophene rings is 1. The Bertz CT molecular complexity index is 659. The van der Waals surface area contributed by atoms with Crippen LogP contribution in [0, 0.1) is 5.92 Å². The minimum absolute atomic E-state index is 0.0276. The Labute approximate surface area is 148 Å². The summed E-state index contributed by atoms with van der Waals surface area (Å²) >= 11 is 1.42. The average Bonchev–Trinajstić information content (AvgIpc) is 3.12. The lowest BCUT2D eigenvalue weighted by Crippen LogP contribution is -2.31. The molecule has 0 radical (unpaired) electrons. The summed E-state index contributed by atoms with van der Waals surface area (Å²) in [4.78, 5) is 25.0. The van der Waals surface area contributed by atoms with Crippen LogP contribution in [0.5, 0.6) is 0 Å². The second-order valence-corrected chi connectivity index (χ2v) is 7.23. The Morgan fingerprint density at radius 1 is 1.08 bits per heavy atom. The van der Waals surface area contributed by atoms with Gasteiger partial charge in [-0.15, -0.1) is 11.3 Å². The maximum Gasteiger partial charge on any atom is 0.220 e. The number of carbonyl (C=O) groups is 2. The topological polar surface area (TPSA) is 46.2 Å². The van der Waals surface area contributed by atoms with Crippen molar-refractivity contribution in [3.8, 4) is 0 Å². The summed E-state index contributed by atoms with van der Waals surface area (Å²) in [5, 5.41) is 4.96. The molecule has 0 aliphatic carbocycles. The number of hydrogen-bond acceptors (Lipinski definition) is 3. The molecule has 0 aliphatic heterocycles. The molecular weight excluding hydrogens is 318 g/mol. The second-order valence-electron chi connectivity index (χ2n) is 6.28. The minimum atomic E-state index is -0.0711. The predicted molar refractivity (Wildman–Crippen MR) is 99.4 cm³/mol. The van der Waals surface area contributed by atoms with Crippen molar-refractivity contribution < 1.29 is 9.59 Å². The zero-order chi connectivity index (χ0) is 17.5. The maximum absolute atomic E-state index is 12.3. The molecule has 0 aliphatic rings. The van der Waals surface area contributed by atoms with Gasteiger partial charge in [-0.25, -0.2) is 0 Å². The number of amides is 1. The number of aryl methyl sites for hydroxylation is 1. The molecule has 1 heterocycles. The molecule has 0 bridgehead atoms. The Morgan fingerprint density at radius 2 is 1.79 bits per heavy atom. The molecule has 1 amide bonds. The van der Waals surface area contributed by atoms with Gasteiger partial charge in [-0.2, -0.15) is 0 Å².